The van der Waals surface area contributed by atoms with E-state index in [0.717, 1.165) is 10.3 Å². The normalized spacial score (nSPS) is 15.6. The standard InChI is InChI=1S/C13H17F3N4O2/c1-22-8-10-2-5-19(6-3-10)12(21)17-11-4-7-20(18-11)9-13(14,15)16/h2,4,7H,3,5-6,8-9H2,1H3,(H,17,18,21). The highest BCUT2D eigenvalue weighted by molar-refractivity contribution is 5.88. The summed E-state index contributed by atoms with van der Waals surface area (Å²) in [5.41, 5.74) is 1.13. The molecule has 1 aliphatic rings. The highest BCUT2D eigenvalue weighted by Gasteiger charge is 2.28. The van der Waals surface area contributed by atoms with E-state index in [0.29, 0.717) is 26.1 Å². The fraction of sp³-hybridized carbons (Fsp3) is 0.538. The van der Waals surface area contributed by atoms with Gasteiger partial charge in [-0.1, -0.05) is 6.08 Å². The zero-order chi connectivity index (χ0) is 16.2. The molecule has 1 N–H and O–H groups in total. The van der Waals surface area contributed by atoms with Crippen molar-refractivity contribution in [3.8, 4) is 0 Å². The van der Waals surface area contributed by atoms with Gasteiger partial charge in [0.25, 0.3) is 0 Å². The second-order valence-corrected chi connectivity index (χ2v) is 4.94. The molecular weight excluding hydrogens is 301 g/mol. The van der Waals surface area contributed by atoms with Gasteiger partial charge in [-0.15, -0.1) is 0 Å². The summed E-state index contributed by atoms with van der Waals surface area (Å²) in [7, 11) is 1.61. The largest absolute Gasteiger partial charge is 0.408 e. The smallest absolute Gasteiger partial charge is 0.380 e. The number of aromatic nitrogens is 2. The third-order valence-corrected chi connectivity index (χ3v) is 3.14. The minimum Gasteiger partial charge on any atom is -0.380 e. The second-order valence-electron chi connectivity index (χ2n) is 4.94. The highest BCUT2D eigenvalue weighted by atomic mass is 19.4. The summed E-state index contributed by atoms with van der Waals surface area (Å²) in [6, 6.07) is 0.949. The molecule has 2 rings (SSSR count). The molecule has 1 aliphatic heterocycles. The first-order valence-electron chi connectivity index (χ1n) is 6.70. The number of halogens is 3. The first-order valence-corrected chi connectivity index (χ1v) is 6.70. The number of methoxy groups -OCH3 is 1. The molecule has 122 valence electrons. The molecule has 6 nitrogen and oxygen atoms in total. The lowest BCUT2D eigenvalue weighted by atomic mass is 10.1. The maximum absolute atomic E-state index is 12.2. The van der Waals surface area contributed by atoms with Crippen molar-refractivity contribution in [2.24, 2.45) is 0 Å². The van der Waals surface area contributed by atoms with Crippen molar-refractivity contribution in [1.82, 2.24) is 14.7 Å². The predicted octanol–water partition coefficient (Wildman–Crippen LogP) is 2.26. The zero-order valence-corrected chi connectivity index (χ0v) is 12.1. The molecule has 2 heterocycles. The number of alkyl halides is 3. The van der Waals surface area contributed by atoms with Gasteiger partial charge in [-0.05, 0) is 12.0 Å². The highest BCUT2D eigenvalue weighted by Crippen LogP contribution is 2.18. The number of amides is 2. The summed E-state index contributed by atoms with van der Waals surface area (Å²) >= 11 is 0. The molecule has 0 saturated carbocycles. The van der Waals surface area contributed by atoms with Gasteiger partial charge in [0.05, 0.1) is 6.61 Å². The molecule has 0 bridgehead atoms. The Morgan fingerprint density at radius 3 is 2.86 bits per heavy atom. The number of nitrogens with zero attached hydrogens (tertiary/aromatic N) is 3. The van der Waals surface area contributed by atoms with E-state index in [4.69, 9.17) is 4.74 Å². The molecule has 0 saturated heterocycles. The van der Waals surface area contributed by atoms with Crippen LogP contribution in [0.15, 0.2) is 23.9 Å². The Morgan fingerprint density at radius 2 is 2.27 bits per heavy atom. The molecule has 0 radical (unpaired) electrons. The van der Waals surface area contributed by atoms with E-state index in [-0.39, 0.29) is 11.8 Å². The number of anilines is 1. The molecule has 22 heavy (non-hydrogen) atoms. The van der Waals surface area contributed by atoms with Crippen LogP contribution in [-0.2, 0) is 11.3 Å². The van der Waals surface area contributed by atoms with Crippen molar-refractivity contribution in [3.05, 3.63) is 23.9 Å². The molecular formula is C13H17F3N4O2. The molecule has 1 aromatic rings. The molecule has 0 atom stereocenters. The van der Waals surface area contributed by atoms with E-state index in [1.807, 2.05) is 6.08 Å². The molecule has 0 aromatic carbocycles. The van der Waals surface area contributed by atoms with Crippen LogP contribution < -0.4 is 5.32 Å². The number of hydrogen-bond donors (Lipinski definition) is 1. The summed E-state index contributed by atoms with van der Waals surface area (Å²) in [5, 5.41) is 6.17. The lowest BCUT2D eigenvalue weighted by Crippen LogP contribution is -2.38. The Kier molecular flexibility index (Phi) is 5.07. The summed E-state index contributed by atoms with van der Waals surface area (Å²) in [5.74, 6) is 0.0981. The summed E-state index contributed by atoms with van der Waals surface area (Å²) in [6.07, 6.45) is -0.544. The van der Waals surface area contributed by atoms with E-state index in [1.54, 1.807) is 12.0 Å². The van der Waals surface area contributed by atoms with Gasteiger partial charge in [-0.25, -0.2) is 4.79 Å². The Balaban J connectivity index is 1.88. The lowest BCUT2D eigenvalue weighted by molar-refractivity contribution is -0.142. The average Bonchev–Trinajstić information content (AvgIpc) is 2.84. The van der Waals surface area contributed by atoms with Crippen LogP contribution >= 0.6 is 0 Å². The number of urea groups is 1. The van der Waals surface area contributed by atoms with E-state index in [9.17, 15) is 18.0 Å². The van der Waals surface area contributed by atoms with E-state index in [1.165, 1.54) is 12.3 Å². The van der Waals surface area contributed by atoms with Crippen LogP contribution in [0.1, 0.15) is 6.42 Å². The molecule has 9 heteroatoms. The monoisotopic (exact) mass is 318 g/mol. The first kappa shape index (κ1) is 16.3. The Labute approximate surface area is 125 Å². The molecule has 0 unspecified atom stereocenters. The predicted molar refractivity (Wildman–Crippen MR) is 73.4 cm³/mol. The molecule has 0 aliphatic carbocycles. The first-order chi connectivity index (χ1) is 10.4. The Bertz CT molecular complexity index is 554. The van der Waals surface area contributed by atoms with Crippen LogP contribution in [0.25, 0.3) is 0 Å². The van der Waals surface area contributed by atoms with Gasteiger partial charge in [0.15, 0.2) is 5.82 Å². The van der Waals surface area contributed by atoms with Gasteiger partial charge in [-0.3, -0.25) is 10.00 Å². The fourth-order valence-corrected chi connectivity index (χ4v) is 2.10. The third-order valence-electron chi connectivity index (χ3n) is 3.14. The summed E-state index contributed by atoms with van der Waals surface area (Å²) in [4.78, 5) is 13.6. The van der Waals surface area contributed by atoms with E-state index >= 15 is 0 Å². The van der Waals surface area contributed by atoms with E-state index < -0.39 is 12.7 Å². The molecule has 0 spiro atoms. The van der Waals surface area contributed by atoms with Crippen molar-refractivity contribution < 1.29 is 22.7 Å². The van der Waals surface area contributed by atoms with Crippen LogP contribution in [-0.4, -0.2) is 53.7 Å². The number of rotatable bonds is 4. The molecule has 0 fully saturated rings. The van der Waals surface area contributed by atoms with Gasteiger partial charge < -0.3 is 9.64 Å². The number of carbonyl (C=O) groups excluding carboxylic acids is 1. The quantitative estimate of drug-likeness (QED) is 0.866. The minimum atomic E-state index is -4.34. The van der Waals surface area contributed by atoms with Crippen LogP contribution in [0, 0.1) is 0 Å². The third kappa shape index (κ3) is 4.76. The molecule has 2 amide bonds. The maximum atomic E-state index is 12.2. The lowest BCUT2D eigenvalue weighted by Gasteiger charge is -2.26. The van der Waals surface area contributed by atoms with Crippen molar-refractivity contribution in [2.45, 2.75) is 19.1 Å². The number of hydrogen-bond acceptors (Lipinski definition) is 3. The van der Waals surface area contributed by atoms with Crippen LogP contribution in [0.3, 0.4) is 0 Å². The Hall–Kier alpha value is -2.03. The summed E-state index contributed by atoms with van der Waals surface area (Å²) < 4.78 is 42.5. The van der Waals surface area contributed by atoms with Crippen LogP contribution in [0.2, 0.25) is 0 Å². The van der Waals surface area contributed by atoms with Crippen LogP contribution in [0.5, 0.6) is 0 Å². The average molecular weight is 318 g/mol. The van der Waals surface area contributed by atoms with Crippen molar-refractivity contribution in [2.75, 3.05) is 32.1 Å². The topological polar surface area (TPSA) is 59.4 Å². The Morgan fingerprint density at radius 1 is 1.50 bits per heavy atom. The number of nitrogens with one attached hydrogen (secondary N) is 1. The van der Waals surface area contributed by atoms with E-state index in [2.05, 4.69) is 10.4 Å². The minimum absolute atomic E-state index is 0.0981. The van der Waals surface area contributed by atoms with Gasteiger partial charge in [-0.2, -0.15) is 18.3 Å². The SMILES string of the molecule is COCC1=CCN(C(=O)Nc2ccn(CC(F)(F)F)n2)CC1. The number of carbonyl (C=O) groups is 1. The fourth-order valence-electron chi connectivity index (χ4n) is 2.10. The molecule has 1 aromatic heterocycles. The van der Waals surface area contributed by atoms with Gasteiger partial charge >= 0.3 is 12.2 Å². The number of ether oxygens (including phenoxy) is 1. The second kappa shape index (κ2) is 6.82. The van der Waals surface area contributed by atoms with Crippen molar-refractivity contribution in [1.29, 1.82) is 0 Å². The van der Waals surface area contributed by atoms with Gasteiger partial charge in [0, 0.05) is 32.5 Å². The maximum Gasteiger partial charge on any atom is 0.408 e. The summed E-state index contributed by atoms with van der Waals surface area (Å²) in [6.45, 7) is 0.324. The van der Waals surface area contributed by atoms with Gasteiger partial charge in [0.1, 0.15) is 6.54 Å². The van der Waals surface area contributed by atoms with Crippen LogP contribution in [0.4, 0.5) is 23.8 Å². The van der Waals surface area contributed by atoms with Gasteiger partial charge in [0.2, 0.25) is 0 Å². The van der Waals surface area contributed by atoms with Crippen molar-refractivity contribution >= 4 is 11.8 Å². The zero-order valence-electron chi connectivity index (χ0n) is 12.1. The van der Waals surface area contributed by atoms with Crippen molar-refractivity contribution in [3.63, 3.8) is 0 Å².